The summed E-state index contributed by atoms with van der Waals surface area (Å²) < 4.78 is 38.1. The molecule has 188 valence electrons. The van der Waals surface area contributed by atoms with E-state index in [0.29, 0.717) is 31.5 Å². The molecule has 0 aliphatic carbocycles. The molecule has 3 rings (SSSR count). The van der Waals surface area contributed by atoms with Crippen LogP contribution in [0.25, 0.3) is 0 Å². The van der Waals surface area contributed by atoms with E-state index in [1.807, 2.05) is 12.1 Å². The van der Waals surface area contributed by atoms with Gasteiger partial charge in [-0.25, -0.2) is 4.79 Å². The number of benzene rings is 2. The van der Waals surface area contributed by atoms with E-state index < -0.39 is 29.2 Å². The van der Waals surface area contributed by atoms with Gasteiger partial charge in [-0.3, -0.25) is 9.59 Å². The van der Waals surface area contributed by atoms with Gasteiger partial charge in [0.05, 0.1) is 17.4 Å². The van der Waals surface area contributed by atoms with E-state index in [9.17, 15) is 32.7 Å². The van der Waals surface area contributed by atoms with Crippen LogP contribution in [0.4, 0.5) is 13.2 Å². The van der Waals surface area contributed by atoms with Gasteiger partial charge in [0.2, 0.25) is 11.8 Å². The molecule has 35 heavy (non-hydrogen) atoms. The van der Waals surface area contributed by atoms with Gasteiger partial charge < -0.3 is 14.9 Å². The molecule has 1 fully saturated rings. The molecule has 1 N–H and O–H groups in total. The van der Waals surface area contributed by atoms with Crippen molar-refractivity contribution in [1.29, 1.82) is 0 Å². The highest BCUT2D eigenvalue weighted by molar-refractivity contribution is 5.91. The number of carboxylic acid groups (broad SMARTS) is 1. The van der Waals surface area contributed by atoms with E-state index in [4.69, 9.17) is 0 Å². The normalized spacial score (nSPS) is 16.3. The van der Waals surface area contributed by atoms with Crippen LogP contribution >= 0.6 is 0 Å². The van der Waals surface area contributed by atoms with Crippen molar-refractivity contribution in [2.24, 2.45) is 0 Å². The van der Waals surface area contributed by atoms with E-state index in [-0.39, 0.29) is 18.2 Å². The molecule has 1 aliphatic rings. The molecular formula is C26H29F3N2O4. The first kappa shape index (κ1) is 26.2. The topological polar surface area (TPSA) is 77.9 Å². The quantitative estimate of drug-likeness (QED) is 0.629. The third-order valence-corrected chi connectivity index (χ3v) is 6.49. The summed E-state index contributed by atoms with van der Waals surface area (Å²) in [5.74, 6) is -1.47. The largest absolute Gasteiger partial charge is 0.480 e. The zero-order chi connectivity index (χ0) is 26.0. The first-order valence-corrected chi connectivity index (χ1v) is 11.3. The molecular weight excluding hydrogens is 461 g/mol. The molecule has 2 aromatic rings. The average Bonchev–Trinajstić information content (AvgIpc) is 3.29. The number of likely N-dealkylation sites (N-methyl/N-ethyl adjacent to an activating group) is 1. The Hall–Kier alpha value is -3.36. The Bertz CT molecular complexity index is 1080. The lowest BCUT2D eigenvalue weighted by Crippen LogP contribution is -2.48. The number of amides is 2. The Kier molecular flexibility index (Phi) is 7.57. The predicted octanol–water partition coefficient (Wildman–Crippen LogP) is 4.26. The highest BCUT2D eigenvalue weighted by Gasteiger charge is 2.41. The molecule has 1 heterocycles. The van der Waals surface area contributed by atoms with Crippen molar-refractivity contribution in [3.8, 4) is 0 Å². The molecule has 0 radical (unpaired) electrons. The lowest BCUT2D eigenvalue weighted by Gasteiger charge is -2.32. The van der Waals surface area contributed by atoms with Crippen LogP contribution in [0.5, 0.6) is 0 Å². The molecule has 0 aromatic heterocycles. The van der Waals surface area contributed by atoms with Gasteiger partial charge in [0.1, 0.15) is 6.04 Å². The molecule has 0 bridgehead atoms. The van der Waals surface area contributed by atoms with Crippen LogP contribution in [-0.4, -0.2) is 52.3 Å². The molecule has 2 aromatic carbocycles. The van der Waals surface area contributed by atoms with Gasteiger partial charge in [-0.15, -0.1) is 0 Å². The molecule has 1 aliphatic heterocycles. The van der Waals surface area contributed by atoms with Crippen molar-refractivity contribution in [3.05, 3.63) is 70.8 Å². The monoisotopic (exact) mass is 490 g/mol. The summed E-state index contributed by atoms with van der Waals surface area (Å²) in [6.45, 7) is 4.24. The fraction of sp³-hybridized carbons (Fsp3) is 0.423. The van der Waals surface area contributed by atoms with Gasteiger partial charge >= 0.3 is 12.1 Å². The summed E-state index contributed by atoms with van der Waals surface area (Å²) in [7, 11) is 1.62. The van der Waals surface area contributed by atoms with Crippen LogP contribution in [0.3, 0.4) is 0 Å². The molecule has 2 amide bonds. The summed E-state index contributed by atoms with van der Waals surface area (Å²) in [4.78, 5) is 40.1. The number of aliphatic carboxylic acids is 1. The highest BCUT2D eigenvalue weighted by Crippen LogP contribution is 2.31. The average molecular weight is 491 g/mol. The first-order chi connectivity index (χ1) is 16.3. The van der Waals surface area contributed by atoms with Crippen LogP contribution in [0.1, 0.15) is 48.9 Å². The standard InChI is InChI=1S/C26H29F3N2O4/c1-25(2,24(35)31-14-4-5-21(31)23(33)34)19-10-8-18(9-11-19)16-30(3)22(32)15-17-6-12-20(13-7-17)26(27,28)29/h6-13,21H,4-5,14-16H2,1-3H3,(H,33,34)/t21-/m1/s1. The summed E-state index contributed by atoms with van der Waals surface area (Å²) >= 11 is 0. The number of hydrogen-bond donors (Lipinski definition) is 1. The number of alkyl halides is 3. The van der Waals surface area contributed by atoms with Crippen molar-refractivity contribution in [2.75, 3.05) is 13.6 Å². The van der Waals surface area contributed by atoms with Crippen molar-refractivity contribution in [2.45, 2.75) is 57.3 Å². The number of nitrogens with zero attached hydrogens (tertiary/aromatic N) is 2. The van der Waals surface area contributed by atoms with Crippen molar-refractivity contribution < 1.29 is 32.7 Å². The van der Waals surface area contributed by atoms with Crippen LogP contribution < -0.4 is 0 Å². The van der Waals surface area contributed by atoms with Crippen LogP contribution in [-0.2, 0) is 38.9 Å². The molecule has 1 saturated heterocycles. The highest BCUT2D eigenvalue weighted by atomic mass is 19.4. The molecule has 0 saturated carbocycles. The van der Waals surface area contributed by atoms with Crippen LogP contribution in [0.2, 0.25) is 0 Å². The maximum atomic E-state index is 13.1. The lowest BCUT2D eigenvalue weighted by atomic mass is 9.82. The molecule has 6 nitrogen and oxygen atoms in total. The Morgan fingerprint density at radius 1 is 0.971 bits per heavy atom. The van der Waals surface area contributed by atoms with E-state index in [2.05, 4.69) is 0 Å². The smallest absolute Gasteiger partial charge is 0.416 e. The maximum Gasteiger partial charge on any atom is 0.416 e. The van der Waals surface area contributed by atoms with E-state index in [0.717, 1.165) is 23.3 Å². The summed E-state index contributed by atoms with van der Waals surface area (Å²) in [5.41, 5.74) is 0.380. The Morgan fingerprint density at radius 2 is 1.51 bits per heavy atom. The minimum atomic E-state index is -4.42. The Labute approximate surface area is 202 Å². The van der Waals surface area contributed by atoms with E-state index >= 15 is 0 Å². The summed E-state index contributed by atoms with van der Waals surface area (Å²) in [5, 5.41) is 9.40. The van der Waals surface area contributed by atoms with Crippen molar-refractivity contribution in [3.63, 3.8) is 0 Å². The number of hydrogen-bond acceptors (Lipinski definition) is 3. The Balaban J connectivity index is 1.62. The molecule has 9 heteroatoms. The minimum absolute atomic E-state index is 0.0190. The van der Waals surface area contributed by atoms with Gasteiger partial charge in [-0.05, 0) is 55.5 Å². The van der Waals surface area contributed by atoms with Gasteiger partial charge in [0, 0.05) is 20.1 Å². The van der Waals surface area contributed by atoms with Crippen molar-refractivity contribution in [1.82, 2.24) is 9.80 Å². The number of rotatable bonds is 7. The molecule has 0 unspecified atom stereocenters. The molecule has 1 atom stereocenters. The van der Waals surface area contributed by atoms with Crippen molar-refractivity contribution >= 4 is 17.8 Å². The van der Waals surface area contributed by atoms with Crippen LogP contribution in [0.15, 0.2) is 48.5 Å². The number of halogens is 3. The Morgan fingerprint density at radius 3 is 2.06 bits per heavy atom. The number of carbonyl (C=O) groups is 3. The van der Waals surface area contributed by atoms with Gasteiger partial charge in [-0.1, -0.05) is 36.4 Å². The second-order valence-electron chi connectivity index (χ2n) is 9.44. The fourth-order valence-corrected chi connectivity index (χ4v) is 4.26. The molecule has 0 spiro atoms. The second-order valence-corrected chi connectivity index (χ2v) is 9.44. The lowest BCUT2D eigenvalue weighted by molar-refractivity contribution is -0.150. The zero-order valence-corrected chi connectivity index (χ0v) is 19.9. The fourth-order valence-electron chi connectivity index (χ4n) is 4.26. The van der Waals surface area contributed by atoms with Gasteiger partial charge in [-0.2, -0.15) is 13.2 Å². The first-order valence-electron chi connectivity index (χ1n) is 11.3. The summed E-state index contributed by atoms with van der Waals surface area (Å²) in [6.07, 6.45) is -3.33. The third-order valence-electron chi connectivity index (χ3n) is 6.49. The number of carboxylic acids is 1. The maximum absolute atomic E-state index is 13.1. The van der Waals surface area contributed by atoms with E-state index in [1.165, 1.54) is 21.9 Å². The predicted molar refractivity (Wildman–Crippen MR) is 123 cm³/mol. The third kappa shape index (κ3) is 6.01. The van der Waals surface area contributed by atoms with Crippen LogP contribution in [0, 0.1) is 0 Å². The SMILES string of the molecule is CN(Cc1ccc(C(C)(C)C(=O)N2CCC[C@@H]2C(=O)O)cc1)C(=O)Cc1ccc(C(F)(F)F)cc1. The second kappa shape index (κ2) is 10.1. The zero-order valence-electron chi connectivity index (χ0n) is 19.9. The number of carbonyl (C=O) groups excluding carboxylic acids is 2. The minimum Gasteiger partial charge on any atom is -0.480 e. The van der Waals surface area contributed by atoms with E-state index in [1.54, 1.807) is 33.0 Å². The number of likely N-dealkylation sites (tertiary alicyclic amines) is 1. The van der Waals surface area contributed by atoms with Gasteiger partial charge in [0.25, 0.3) is 0 Å². The summed E-state index contributed by atoms with van der Waals surface area (Å²) in [6, 6.07) is 11.0. The van der Waals surface area contributed by atoms with Gasteiger partial charge in [0.15, 0.2) is 0 Å².